The minimum Gasteiger partial charge on any atom is -0.488 e. The molecular formula is C22H21F3N4O3. The zero-order chi connectivity index (χ0) is 22.9. The molecule has 10 heteroatoms. The fourth-order valence-electron chi connectivity index (χ4n) is 3.61. The van der Waals surface area contributed by atoms with Crippen molar-refractivity contribution in [3.05, 3.63) is 65.9 Å². The summed E-state index contributed by atoms with van der Waals surface area (Å²) in [5.74, 6) is -0.315. The molecule has 7 nitrogen and oxygen atoms in total. The number of imidazole rings is 1. The molecule has 3 heterocycles. The number of para-hydroxylation sites is 1. The zero-order valence-electron chi connectivity index (χ0n) is 17.5. The standard InChI is InChI=1S/C22H21F3N4O3/c1-14-11-29(13-26-14)18-8-7-17(27-20(18)31-2)21(30)28-10-9-15(12-28)32-19-6-4-3-5-16(19)22(23,24)25/h3-8,11,13,15H,9-10,12H2,1-2H3/t15-/m1/s1. The van der Waals surface area contributed by atoms with Gasteiger partial charge in [0.25, 0.3) is 5.91 Å². The molecule has 0 spiro atoms. The molecule has 1 aliphatic heterocycles. The predicted molar refractivity (Wildman–Crippen MR) is 109 cm³/mol. The van der Waals surface area contributed by atoms with E-state index in [1.165, 1.54) is 30.2 Å². The van der Waals surface area contributed by atoms with E-state index < -0.39 is 17.8 Å². The summed E-state index contributed by atoms with van der Waals surface area (Å²) in [5.41, 5.74) is 0.804. The van der Waals surface area contributed by atoms with Crippen molar-refractivity contribution < 1.29 is 27.4 Å². The number of benzene rings is 1. The third-order valence-electron chi connectivity index (χ3n) is 5.16. The number of pyridine rings is 1. The van der Waals surface area contributed by atoms with Gasteiger partial charge in [-0.2, -0.15) is 13.2 Å². The van der Waals surface area contributed by atoms with Gasteiger partial charge >= 0.3 is 6.18 Å². The Bertz CT molecular complexity index is 1130. The number of hydrogen-bond acceptors (Lipinski definition) is 5. The molecule has 1 saturated heterocycles. The van der Waals surface area contributed by atoms with Gasteiger partial charge in [0.15, 0.2) is 0 Å². The summed E-state index contributed by atoms with van der Waals surface area (Å²) in [5, 5.41) is 0. The molecule has 2 aromatic heterocycles. The number of rotatable bonds is 5. The number of aryl methyl sites for hydroxylation is 1. The molecule has 0 N–H and O–H groups in total. The van der Waals surface area contributed by atoms with Crippen LogP contribution in [0.1, 0.15) is 28.2 Å². The molecular weight excluding hydrogens is 425 g/mol. The van der Waals surface area contributed by atoms with Crippen molar-refractivity contribution in [1.29, 1.82) is 0 Å². The van der Waals surface area contributed by atoms with E-state index in [1.54, 1.807) is 23.0 Å². The van der Waals surface area contributed by atoms with Crippen molar-refractivity contribution in [3.8, 4) is 17.3 Å². The van der Waals surface area contributed by atoms with E-state index >= 15 is 0 Å². The molecule has 0 unspecified atom stereocenters. The first-order valence-electron chi connectivity index (χ1n) is 9.94. The number of nitrogens with zero attached hydrogens (tertiary/aromatic N) is 4. The highest BCUT2D eigenvalue weighted by atomic mass is 19.4. The van der Waals surface area contributed by atoms with Gasteiger partial charge in [0.05, 0.1) is 31.2 Å². The van der Waals surface area contributed by atoms with Gasteiger partial charge in [0.1, 0.15) is 23.2 Å². The number of aromatic nitrogens is 3. The summed E-state index contributed by atoms with van der Waals surface area (Å²) >= 11 is 0. The minimum absolute atomic E-state index is 0.164. The highest BCUT2D eigenvalue weighted by Crippen LogP contribution is 2.37. The number of alkyl halides is 3. The van der Waals surface area contributed by atoms with Crippen LogP contribution in [0.5, 0.6) is 11.6 Å². The Hall–Kier alpha value is -3.56. The zero-order valence-corrected chi connectivity index (χ0v) is 17.5. The van der Waals surface area contributed by atoms with Gasteiger partial charge in [-0.15, -0.1) is 0 Å². The van der Waals surface area contributed by atoms with Crippen molar-refractivity contribution in [2.75, 3.05) is 20.2 Å². The molecule has 1 fully saturated rings. The van der Waals surface area contributed by atoms with Crippen molar-refractivity contribution in [2.45, 2.75) is 25.6 Å². The normalized spacial score (nSPS) is 16.3. The summed E-state index contributed by atoms with van der Waals surface area (Å²) in [6, 6.07) is 8.37. The maximum Gasteiger partial charge on any atom is 0.419 e. The van der Waals surface area contributed by atoms with E-state index in [9.17, 15) is 18.0 Å². The largest absolute Gasteiger partial charge is 0.488 e. The van der Waals surface area contributed by atoms with E-state index in [2.05, 4.69) is 9.97 Å². The lowest BCUT2D eigenvalue weighted by molar-refractivity contribution is -0.139. The molecule has 168 valence electrons. The van der Waals surface area contributed by atoms with Gasteiger partial charge < -0.3 is 18.9 Å². The SMILES string of the molecule is COc1nc(C(=O)N2CC[C@@H](Oc3ccccc3C(F)(F)F)C2)ccc1-n1cnc(C)c1. The first-order valence-corrected chi connectivity index (χ1v) is 9.94. The second-order valence-electron chi connectivity index (χ2n) is 7.42. The Balaban J connectivity index is 1.48. The van der Waals surface area contributed by atoms with Crippen LogP contribution in [0.2, 0.25) is 0 Å². The number of likely N-dealkylation sites (tertiary alicyclic amines) is 1. The van der Waals surface area contributed by atoms with Crippen LogP contribution >= 0.6 is 0 Å². The number of halogens is 3. The summed E-state index contributed by atoms with van der Waals surface area (Å²) in [7, 11) is 1.46. The fourth-order valence-corrected chi connectivity index (χ4v) is 3.61. The molecule has 0 aliphatic carbocycles. The van der Waals surface area contributed by atoms with Crippen LogP contribution in [0.3, 0.4) is 0 Å². The van der Waals surface area contributed by atoms with Crippen molar-refractivity contribution in [1.82, 2.24) is 19.4 Å². The van der Waals surface area contributed by atoms with Gasteiger partial charge in [-0.05, 0) is 31.2 Å². The third kappa shape index (κ3) is 4.39. The van der Waals surface area contributed by atoms with Gasteiger partial charge in [-0.3, -0.25) is 4.79 Å². The summed E-state index contributed by atoms with van der Waals surface area (Å²) in [6.07, 6.45) is -1.21. The van der Waals surface area contributed by atoms with Crippen LogP contribution in [0.25, 0.3) is 5.69 Å². The monoisotopic (exact) mass is 446 g/mol. The Morgan fingerprint density at radius 1 is 1.19 bits per heavy atom. The van der Waals surface area contributed by atoms with Gasteiger partial charge in [-0.1, -0.05) is 12.1 Å². The molecule has 32 heavy (non-hydrogen) atoms. The molecule has 1 aromatic carbocycles. The number of amides is 1. The highest BCUT2D eigenvalue weighted by molar-refractivity contribution is 5.93. The van der Waals surface area contributed by atoms with Crippen LogP contribution < -0.4 is 9.47 Å². The fraction of sp³-hybridized carbons (Fsp3) is 0.318. The average Bonchev–Trinajstić information content (AvgIpc) is 3.41. The van der Waals surface area contributed by atoms with Gasteiger partial charge in [0, 0.05) is 19.2 Å². The Morgan fingerprint density at radius 3 is 2.66 bits per heavy atom. The lowest BCUT2D eigenvalue weighted by Gasteiger charge is -2.19. The summed E-state index contributed by atoms with van der Waals surface area (Å²) in [6.45, 7) is 2.37. The molecule has 1 aliphatic rings. The van der Waals surface area contributed by atoms with E-state index in [0.29, 0.717) is 18.7 Å². The van der Waals surface area contributed by atoms with E-state index in [-0.39, 0.29) is 29.8 Å². The summed E-state index contributed by atoms with van der Waals surface area (Å²) in [4.78, 5) is 23.0. The van der Waals surface area contributed by atoms with Crippen LogP contribution in [0.15, 0.2) is 48.9 Å². The second kappa shape index (κ2) is 8.52. The molecule has 1 atom stereocenters. The molecule has 1 amide bonds. The average molecular weight is 446 g/mol. The number of hydrogen-bond donors (Lipinski definition) is 0. The second-order valence-corrected chi connectivity index (χ2v) is 7.42. The van der Waals surface area contributed by atoms with Crippen LogP contribution in [0, 0.1) is 6.92 Å². The maximum absolute atomic E-state index is 13.2. The number of ether oxygens (including phenoxy) is 2. The van der Waals surface area contributed by atoms with Gasteiger partial charge in [0.2, 0.25) is 5.88 Å². The van der Waals surface area contributed by atoms with E-state index in [1.807, 2.05) is 13.1 Å². The predicted octanol–water partition coefficient (Wildman–Crippen LogP) is 3.90. The maximum atomic E-state index is 13.2. The van der Waals surface area contributed by atoms with Gasteiger partial charge in [-0.25, -0.2) is 9.97 Å². The molecule has 3 aromatic rings. The van der Waals surface area contributed by atoms with Crippen molar-refractivity contribution >= 4 is 5.91 Å². The number of methoxy groups -OCH3 is 1. The molecule has 0 radical (unpaired) electrons. The van der Waals surface area contributed by atoms with Crippen LogP contribution in [-0.4, -0.2) is 51.6 Å². The van der Waals surface area contributed by atoms with E-state index in [4.69, 9.17) is 9.47 Å². The lowest BCUT2D eigenvalue weighted by atomic mass is 10.2. The quantitative estimate of drug-likeness (QED) is 0.595. The minimum atomic E-state index is -4.51. The Kier molecular flexibility index (Phi) is 5.77. The van der Waals surface area contributed by atoms with Crippen LogP contribution in [-0.2, 0) is 6.18 Å². The lowest BCUT2D eigenvalue weighted by Crippen LogP contribution is -2.31. The Labute approximate surface area is 182 Å². The third-order valence-corrected chi connectivity index (χ3v) is 5.16. The highest BCUT2D eigenvalue weighted by Gasteiger charge is 2.36. The number of carbonyl (C=O) groups is 1. The summed E-state index contributed by atoms with van der Waals surface area (Å²) < 4.78 is 52.3. The van der Waals surface area contributed by atoms with Crippen molar-refractivity contribution in [2.24, 2.45) is 0 Å². The molecule has 0 bridgehead atoms. The van der Waals surface area contributed by atoms with E-state index in [0.717, 1.165) is 11.8 Å². The first-order chi connectivity index (χ1) is 15.3. The van der Waals surface area contributed by atoms with Crippen LogP contribution in [0.4, 0.5) is 13.2 Å². The topological polar surface area (TPSA) is 69.5 Å². The Morgan fingerprint density at radius 2 is 1.97 bits per heavy atom. The smallest absolute Gasteiger partial charge is 0.419 e. The molecule has 4 rings (SSSR count). The first kappa shape index (κ1) is 21.7. The number of carbonyl (C=O) groups excluding carboxylic acids is 1. The molecule has 0 saturated carbocycles. The van der Waals surface area contributed by atoms with Crippen molar-refractivity contribution in [3.63, 3.8) is 0 Å².